The molecule has 0 unspecified atom stereocenters. The monoisotopic (exact) mass is 348 g/mol. The van der Waals surface area contributed by atoms with E-state index in [0.29, 0.717) is 12.2 Å². The van der Waals surface area contributed by atoms with Gasteiger partial charge in [0.05, 0.1) is 42.2 Å². The number of pyridine rings is 1. The van der Waals surface area contributed by atoms with E-state index in [1.807, 2.05) is 18.0 Å². The molecule has 0 N–H and O–H groups in total. The maximum absolute atomic E-state index is 13.4. The molecule has 0 saturated carbocycles. The van der Waals surface area contributed by atoms with Crippen LogP contribution < -0.4 is 4.90 Å². The number of rotatable bonds is 7. The van der Waals surface area contributed by atoms with Crippen LogP contribution in [0.1, 0.15) is 12.1 Å². The lowest BCUT2D eigenvalue weighted by atomic mass is 10.3. The molecule has 0 aliphatic carbocycles. The van der Waals surface area contributed by atoms with Crippen molar-refractivity contribution in [3.8, 4) is 18.0 Å². The van der Waals surface area contributed by atoms with Crippen LogP contribution in [0.4, 0.5) is 10.1 Å². The molecule has 0 spiro atoms. The maximum Gasteiger partial charge on any atom is 0.143 e. The summed E-state index contributed by atoms with van der Waals surface area (Å²) in [4.78, 5) is 5.86. The molecule has 2 rings (SSSR count). The summed E-state index contributed by atoms with van der Waals surface area (Å²) >= 11 is 1.77. The maximum atomic E-state index is 13.4. The van der Waals surface area contributed by atoms with Gasteiger partial charge in [-0.25, -0.2) is 9.07 Å². The van der Waals surface area contributed by atoms with Crippen LogP contribution in [0.5, 0.6) is 0 Å². The number of nitrogens with zero attached hydrogens (tertiary/aromatic N) is 4. The molecular formula is C16H18FN4PS. The van der Waals surface area contributed by atoms with Crippen molar-refractivity contribution < 1.29 is 4.39 Å². The molecule has 2 heterocycles. The standard InChI is InChI=1S/C16H18FN4PS/c1-4-6-20(16(22)5-7-23-3)15-11-21(19-12(15)2)14-8-13(17)9-18-10-14/h1,8-11,22H,5-7H2,2-3H3. The summed E-state index contributed by atoms with van der Waals surface area (Å²) in [6.07, 6.45) is 13.0. The number of hydrogen-bond acceptors (Lipinski definition) is 3. The van der Waals surface area contributed by atoms with Crippen LogP contribution in [0, 0.1) is 25.1 Å². The molecule has 0 radical (unpaired) electrons. The molecule has 0 aromatic carbocycles. The molecule has 2 aromatic rings. The fourth-order valence-corrected chi connectivity index (χ4v) is 3.03. The molecule has 0 fully saturated rings. The van der Waals surface area contributed by atoms with Gasteiger partial charge in [-0.1, -0.05) is 14.8 Å². The first-order chi connectivity index (χ1) is 11.1. The molecule has 0 atom stereocenters. The van der Waals surface area contributed by atoms with Crippen LogP contribution in [0.2, 0.25) is 0 Å². The molecule has 4 nitrogen and oxygen atoms in total. The van der Waals surface area contributed by atoms with Gasteiger partial charge in [0.2, 0.25) is 0 Å². The fraction of sp³-hybridized carbons (Fsp3) is 0.312. The second-order valence-corrected chi connectivity index (χ2v) is 6.45. The number of halogens is 1. The van der Waals surface area contributed by atoms with Crippen LogP contribution in [0.25, 0.3) is 5.69 Å². The van der Waals surface area contributed by atoms with Crippen molar-refractivity contribution in [2.24, 2.45) is 0 Å². The molecule has 7 heteroatoms. The number of hydrogen-bond donors (Lipinski definition) is 0. The van der Waals surface area contributed by atoms with Crippen LogP contribution >= 0.6 is 20.6 Å². The lowest BCUT2D eigenvalue weighted by Crippen LogP contribution is -2.30. The lowest BCUT2D eigenvalue weighted by molar-refractivity contribution is 0.618. The van der Waals surface area contributed by atoms with Gasteiger partial charge in [0.15, 0.2) is 0 Å². The minimum Gasteiger partial charge on any atom is -0.327 e. The number of anilines is 1. The summed E-state index contributed by atoms with van der Waals surface area (Å²) < 4.78 is 15.0. The predicted molar refractivity (Wildman–Crippen MR) is 98.6 cm³/mol. The van der Waals surface area contributed by atoms with E-state index in [4.69, 9.17) is 6.42 Å². The third-order valence-electron chi connectivity index (χ3n) is 3.24. The van der Waals surface area contributed by atoms with Crippen LogP contribution in [-0.2, 0) is 0 Å². The highest BCUT2D eigenvalue weighted by molar-refractivity contribution is 7.98. The Morgan fingerprint density at radius 2 is 2.30 bits per heavy atom. The van der Waals surface area contributed by atoms with Gasteiger partial charge in [-0.3, -0.25) is 4.98 Å². The van der Waals surface area contributed by atoms with Gasteiger partial charge in [0.1, 0.15) is 5.82 Å². The molecule has 0 amide bonds. The zero-order valence-corrected chi connectivity index (χ0v) is 14.9. The second-order valence-electron chi connectivity index (χ2n) is 4.89. The molecule has 0 aliphatic rings. The van der Waals surface area contributed by atoms with Crippen LogP contribution in [0.15, 0.2) is 24.7 Å². The second kappa shape index (κ2) is 8.14. The largest absolute Gasteiger partial charge is 0.327 e. The predicted octanol–water partition coefficient (Wildman–Crippen LogP) is 3.18. The lowest BCUT2D eigenvalue weighted by Gasteiger charge is -2.23. The van der Waals surface area contributed by atoms with Gasteiger partial charge in [-0.2, -0.15) is 16.9 Å². The van der Waals surface area contributed by atoms with E-state index in [0.717, 1.165) is 35.2 Å². The summed E-state index contributed by atoms with van der Waals surface area (Å²) in [6, 6.07) is 1.39. The van der Waals surface area contributed by atoms with Gasteiger partial charge >= 0.3 is 0 Å². The van der Waals surface area contributed by atoms with E-state index in [9.17, 15) is 4.39 Å². The van der Waals surface area contributed by atoms with Crippen molar-refractivity contribution in [2.75, 3.05) is 23.5 Å². The van der Waals surface area contributed by atoms with E-state index < -0.39 is 5.82 Å². The number of terminal acetylenes is 1. The van der Waals surface area contributed by atoms with Gasteiger partial charge in [0.25, 0.3) is 0 Å². The average molecular weight is 348 g/mol. The quantitative estimate of drug-likeness (QED) is 0.569. The van der Waals surface area contributed by atoms with Crippen molar-refractivity contribution in [1.82, 2.24) is 14.8 Å². The third-order valence-corrected chi connectivity index (χ3v) is 4.37. The Labute approximate surface area is 142 Å². The fourth-order valence-electron chi connectivity index (χ4n) is 2.13. The Kier molecular flexibility index (Phi) is 6.20. The first-order valence-electron chi connectivity index (χ1n) is 7.01. The Balaban J connectivity index is 2.34. The smallest absolute Gasteiger partial charge is 0.143 e. The number of aryl methyl sites for hydroxylation is 1. The highest BCUT2D eigenvalue weighted by Gasteiger charge is 2.16. The van der Waals surface area contributed by atoms with Crippen molar-refractivity contribution in [1.29, 1.82) is 0 Å². The number of thioether (sulfide) groups is 1. The molecule has 0 aliphatic heterocycles. The Morgan fingerprint density at radius 1 is 1.52 bits per heavy atom. The summed E-state index contributed by atoms with van der Waals surface area (Å²) in [7, 11) is 3.68. The molecule has 120 valence electrons. The van der Waals surface area contributed by atoms with Gasteiger partial charge in [-0.05, 0) is 18.9 Å². The van der Waals surface area contributed by atoms with Crippen LogP contribution in [0.3, 0.4) is 0 Å². The van der Waals surface area contributed by atoms with Gasteiger partial charge in [-0.15, -0.1) is 6.42 Å². The van der Waals surface area contributed by atoms with Crippen molar-refractivity contribution >= 4 is 31.7 Å². The zero-order valence-electron chi connectivity index (χ0n) is 13.1. The first-order valence-corrected chi connectivity index (χ1v) is 8.90. The minimum atomic E-state index is -0.398. The summed E-state index contributed by atoms with van der Waals surface area (Å²) in [5.41, 5.74) is 3.26. The molecule has 23 heavy (non-hydrogen) atoms. The van der Waals surface area contributed by atoms with E-state index >= 15 is 0 Å². The molecule has 0 saturated heterocycles. The van der Waals surface area contributed by atoms with Gasteiger partial charge in [0, 0.05) is 17.9 Å². The van der Waals surface area contributed by atoms with Crippen molar-refractivity contribution in [3.63, 3.8) is 0 Å². The van der Waals surface area contributed by atoms with Gasteiger partial charge < -0.3 is 4.90 Å². The normalized spacial score (nSPS) is 10.3. The van der Waals surface area contributed by atoms with E-state index in [1.54, 1.807) is 22.6 Å². The summed E-state index contributed by atoms with van der Waals surface area (Å²) in [5, 5.41) is 4.45. The first kappa shape index (κ1) is 17.5. The van der Waals surface area contributed by atoms with E-state index in [1.165, 1.54) is 6.07 Å². The highest BCUT2D eigenvalue weighted by Crippen LogP contribution is 2.23. The topological polar surface area (TPSA) is 34.0 Å². The average Bonchev–Trinajstić information content (AvgIpc) is 2.92. The Bertz CT molecular complexity index is 738. The third kappa shape index (κ3) is 4.34. The molecule has 2 aromatic heterocycles. The minimum absolute atomic E-state index is 0.398. The summed E-state index contributed by atoms with van der Waals surface area (Å²) in [6.45, 7) is 2.33. The molecular weight excluding hydrogens is 330 g/mol. The van der Waals surface area contributed by atoms with E-state index in [2.05, 4.69) is 31.1 Å². The zero-order chi connectivity index (χ0) is 16.8. The highest BCUT2D eigenvalue weighted by atomic mass is 32.2. The molecule has 0 bridgehead atoms. The van der Waals surface area contributed by atoms with Crippen LogP contribution in [-0.4, -0.2) is 38.7 Å². The van der Waals surface area contributed by atoms with E-state index in [-0.39, 0.29) is 0 Å². The Hall–Kier alpha value is -1.83. The van der Waals surface area contributed by atoms with Crippen molar-refractivity contribution in [3.05, 3.63) is 36.2 Å². The number of aromatic nitrogens is 3. The SMILES string of the molecule is C#CCN(C(=P)CCSC)c1cn(-c2cncc(F)c2)nc1C. The summed E-state index contributed by atoms with van der Waals surface area (Å²) in [5.74, 6) is 3.26. The van der Waals surface area contributed by atoms with Crippen molar-refractivity contribution in [2.45, 2.75) is 13.3 Å². The Morgan fingerprint density at radius 3 is 2.96 bits per heavy atom.